The molecule has 1 aliphatic rings. The maximum Gasteiger partial charge on any atom is 0.225 e. The van der Waals surface area contributed by atoms with Gasteiger partial charge >= 0.3 is 0 Å². The largest absolute Gasteiger partial charge is 0.438 e. The van der Waals surface area contributed by atoms with Gasteiger partial charge < -0.3 is 9.47 Å². The van der Waals surface area contributed by atoms with Gasteiger partial charge in [-0.05, 0) is 51.1 Å². The number of pyridine rings is 1. The smallest absolute Gasteiger partial charge is 0.225 e. The molecule has 4 nitrogen and oxygen atoms in total. The molecule has 0 fully saturated rings. The third kappa shape index (κ3) is 3.09. The number of aromatic nitrogens is 1. The number of alkyl halides is 1. The standard InChI is InChI=1S/C18H18ClNO3/c1-10(2)22-17-13-5-4-8-20-18(13)23-15-7-6-12(9-14(15)17)16(21)11(3)19/h4-11,17H,1-3H3. The van der Waals surface area contributed by atoms with Crippen LogP contribution in [0.2, 0.25) is 0 Å². The van der Waals surface area contributed by atoms with E-state index in [1.165, 1.54) is 0 Å². The van der Waals surface area contributed by atoms with E-state index in [-0.39, 0.29) is 18.0 Å². The average molecular weight is 332 g/mol. The topological polar surface area (TPSA) is 48.4 Å². The Hall–Kier alpha value is -1.91. The molecule has 0 saturated carbocycles. The lowest BCUT2D eigenvalue weighted by molar-refractivity contribution is 0.0248. The summed E-state index contributed by atoms with van der Waals surface area (Å²) < 4.78 is 11.9. The SMILES string of the molecule is CC(C)OC1c2cc(C(=O)C(C)Cl)ccc2Oc2ncccc21. The maximum absolute atomic E-state index is 12.2. The lowest BCUT2D eigenvalue weighted by atomic mass is 9.95. The first-order valence-electron chi connectivity index (χ1n) is 7.58. The van der Waals surface area contributed by atoms with Gasteiger partial charge in [-0.25, -0.2) is 4.98 Å². The van der Waals surface area contributed by atoms with Crippen LogP contribution in [0.5, 0.6) is 11.6 Å². The van der Waals surface area contributed by atoms with E-state index >= 15 is 0 Å². The molecule has 0 bridgehead atoms. The van der Waals surface area contributed by atoms with Gasteiger partial charge in [0.05, 0.1) is 11.5 Å². The summed E-state index contributed by atoms with van der Waals surface area (Å²) in [6.07, 6.45) is 1.38. The van der Waals surface area contributed by atoms with E-state index in [2.05, 4.69) is 4.98 Å². The molecule has 5 heteroatoms. The van der Waals surface area contributed by atoms with Gasteiger partial charge in [0, 0.05) is 22.9 Å². The highest BCUT2D eigenvalue weighted by Crippen LogP contribution is 2.44. The van der Waals surface area contributed by atoms with Crippen LogP contribution in [0.25, 0.3) is 0 Å². The number of carbonyl (C=O) groups is 1. The predicted octanol–water partition coefficient (Wildman–Crippen LogP) is 4.51. The zero-order valence-corrected chi connectivity index (χ0v) is 14.0. The minimum atomic E-state index is -0.573. The van der Waals surface area contributed by atoms with Crippen LogP contribution in [0, 0.1) is 0 Å². The first kappa shape index (κ1) is 16.0. The number of ether oxygens (including phenoxy) is 2. The molecule has 2 atom stereocenters. The Morgan fingerprint density at radius 3 is 2.74 bits per heavy atom. The zero-order valence-electron chi connectivity index (χ0n) is 13.2. The second-order valence-electron chi connectivity index (χ2n) is 5.80. The molecule has 0 saturated heterocycles. The van der Waals surface area contributed by atoms with Crippen LogP contribution in [0.3, 0.4) is 0 Å². The molecule has 1 aromatic heterocycles. The maximum atomic E-state index is 12.2. The number of hydrogen-bond donors (Lipinski definition) is 0. The van der Waals surface area contributed by atoms with E-state index in [4.69, 9.17) is 21.1 Å². The van der Waals surface area contributed by atoms with Crippen molar-refractivity contribution in [3.63, 3.8) is 0 Å². The van der Waals surface area contributed by atoms with Gasteiger partial charge in [0.1, 0.15) is 11.9 Å². The average Bonchev–Trinajstić information content (AvgIpc) is 2.53. The Kier molecular flexibility index (Phi) is 4.37. The lowest BCUT2D eigenvalue weighted by Crippen LogP contribution is -2.19. The van der Waals surface area contributed by atoms with Crippen molar-refractivity contribution in [1.29, 1.82) is 0 Å². The summed E-state index contributed by atoms with van der Waals surface area (Å²) in [5.74, 6) is 1.07. The van der Waals surface area contributed by atoms with Crippen LogP contribution in [-0.4, -0.2) is 22.2 Å². The highest BCUT2D eigenvalue weighted by Gasteiger charge is 2.30. The van der Waals surface area contributed by atoms with Crippen molar-refractivity contribution in [1.82, 2.24) is 4.98 Å². The Labute approximate surface area is 140 Å². The van der Waals surface area contributed by atoms with Gasteiger partial charge in [0.25, 0.3) is 0 Å². The van der Waals surface area contributed by atoms with Crippen molar-refractivity contribution in [2.24, 2.45) is 0 Å². The van der Waals surface area contributed by atoms with E-state index in [9.17, 15) is 4.79 Å². The lowest BCUT2D eigenvalue weighted by Gasteiger charge is -2.29. The van der Waals surface area contributed by atoms with Crippen LogP contribution >= 0.6 is 11.6 Å². The van der Waals surface area contributed by atoms with Crippen LogP contribution in [-0.2, 0) is 4.74 Å². The molecule has 0 radical (unpaired) electrons. The molecular formula is C18H18ClNO3. The predicted molar refractivity (Wildman–Crippen MR) is 88.5 cm³/mol. The number of benzene rings is 1. The number of rotatable bonds is 4. The van der Waals surface area contributed by atoms with Crippen molar-refractivity contribution < 1.29 is 14.3 Å². The van der Waals surface area contributed by atoms with Crippen LogP contribution in [0.1, 0.15) is 48.4 Å². The normalized spacial score (nSPS) is 17.2. The van der Waals surface area contributed by atoms with E-state index in [0.29, 0.717) is 17.2 Å². The molecule has 2 aromatic rings. The summed E-state index contributed by atoms with van der Waals surface area (Å²) in [6.45, 7) is 5.61. The Morgan fingerprint density at radius 1 is 1.26 bits per heavy atom. The number of halogens is 1. The number of carbonyl (C=O) groups excluding carboxylic acids is 1. The van der Waals surface area contributed by atoms with Gasteiger partial charge in [0.15, 0.2) is 5.78 Å². The molecule has 0 spiro atoms. The Morgan fingerprint density at radius 2 is 2.04 bits per heavy atom. The molecule has 0 aliphatic carbocycles. The van der Waals surface area contributed by atoms with Gasteiger partial charge in [-0.2, -0.15) is 0 Å². The van der Waals surface area contributed by atoms with Crippen LogP contribution < -0.4 is 4.74 Å². The molecule has 1 aliphatic heterocycles. The third-order valence-corrected chi connectivity index (χ3v) is 3.83. The highest BCUT2D eigenvalue weighted by atomic mass is 35.5. The van der Waals surface area contributed by atoms with Crippen LogP contribution in [0.4, 0.5) is 0 Å². The molecule has 120 valence electrons. The second kappa shape index (κ2) is 6.30. The molecule has 3 rings (SSSR count). The Bertz CT molecular complexity index is 743. The summed E-state index contributed by atoms with van der Waals surface area (Å²) in [4.78, 5) is 16.4. The quantitative estimate of drug-likeness (QED) is 0.611. The number of Topliss-reactive ketones (excluding diaryl/α,β-unsaturated/α-hetero) is 1. The van der Waals surface area contributed by atoms with Gasteiger partial charge in [-0.1, -0.05) is 0 Å². The first-order valence-corrected chi connectivity index (χ1v) is 8.01. The zero-order chi connectivity index (χ0) is 16.6. The second-order valence-corrected chi connectivity index (χ2v) is 6.45. The van der Waals surface area contributed by atoms with E-state index in [0.717, 1.165) is 11.1 Å². The molecule has 23 heavy (non-hydrogen) atoms. The molecule has 0 N–H and O–H groups in total. The fourth-order valence-corrected chi connectivity index (χ4v) is 2.73. The Balaban J connectivity index is 2.09. The van der Waals surface area contributed by atoms with Crippen LogP contribution in [0.15, 0.2) is 36.5 Å². The van der Waals surface area contributed by atoms with Crippen molar-refractivity contribution in [2.45, 2.75) is 38.4 Å². The fourth-order valence-electron chi connectivity index (χ4n) is 2.61. The molecular weight excluding hydrogens is 314 g/mol. The minimum absolute atomic E-state index is 0.0188. The number of hydrogen-bond acceptors (Lipinski definition) is 4. The van der Waals surface area contributed by atoms with E-state index in [1.807, 2.05) is 26.0 Å². The summed E-state index contributed by atoms with van der Waals surface area (Å²) in [6, 6.07) is 9.08. The monoisotopic (exact) mass is 331 g/mol. The molecule has 2 unspecified atom stereocenters. The first-order chi connectivity index (χ1) is 11.0. The van der Waals surface area contributed by atoms with Gasteiger partial charge in [-0.3, -0.25) is 4.79 Å². The molecule has 0 amide bonds. The van der Waals surface area contributed by atoms with E-state index in [1.54, 1.807) is 31.3 Å². The minimum Gasteiger partial charge on any atom is -0.438 e. The number of ketones is 1. The van der Waals surface area contributed by atoms with Gasteiger partial charge in [0.2, 0.25) is 5.88 Å². The number of fused-ring (bicyclic) bond motifs is 2. The van der Waals surface area contributed by atoms with Crippen molar-refractivity contribution in [2.75, 3.05) is 0 Å². The summed E-state index contributed by atoms with van der Waals surface area (Å²) in [7, 11) is 0. The summed E-state index contributed by atoms with van der Waals surface area (Å²) >= 11 is 5.93. The number of nitrogens with zero attached hydrogens (tertiary/aromatic N) is 1. The molecule has 1 aromatic carbocycles. The summed E-state index contributed by atoms with van der Waals surface area (Å²) in [5, 5.41) is -0.573. The fraction of sp³-hybridized carbons (Fsp3) is 0.333. The van der Waals surface area contributed by atoms with Gasteiger partial charge in [-0.15, -0.1) is 11.6 Å². The van der Waals surface area contributed by atoms with Crippen molar-refractivity contribution in [3.8, 4) is 11.6 Å². The molecule has 2 heterocycles. The third-order valence-electron chi connectivity index (χ3n) is 3.64. The van der Waals surface area contributed by atoms with E-state index < -0.39 is 5.38 Å². The highest BCUT2D eigenvalue weighted by molar-refractivity contribution is 6.33. The summed E-state index contributed by atoms with van der Waals surface area (Å²) in [5.41, 5.74) is 2.24. The van der Waals surface area contributed by atoms with Crippen molar-refractivity contribution >= 4 is 17.4 Å². The van der Waals surface area contributed by atoms with Crippen molar-refractivity contribution in [3.05, 3.63) is 53.2 Å².